The maximum absolute atomic E-state index is 12.5. The Hall–Kier alpha value is -2.60. The zero-order valence-electron chi connectivity index (χ0n) is 12.1. The molecule has 2 heterocycles. The fourth-order valence-electron chi connectivity index (χ4n) is 2.07. The van der Waals surface area contributed by atoms with E-state index in [0.29, 0.717) is 17.2 Å². The van der Waals surface area contributed by atoms with Crippen molar-refractivity contribution in [2.24, 2.45) is 0 Å². The van der Waals surface area contributed by atoms with Gasteiger partial charge in [-0.3, -0.25) is 4.79 Å². The first kappa shape index (κ1) is 14.3. The monoisotopic (exact) mass is 314 g/mol. The van der Waals surface area contributed by atoms with Gasteiger partial charge in [-0.15, -0.1) is 11.3 Å². The van der Waals surface area contributed by atoms with Gasteiger partial charge in [-0.25, -0.2) is 4.98 Å². The highest BCUT2D eigenvalue weighted by Crippen LogP contribution is 2.31. The van der Waals surface area contributed by atoms with Crippen LogP contribution in [0.4, 0.5) is 5.69 Å². The molecule has 0 aliphatic carbocycles. The van der Waals surface area contributed by atoms with E-state index < -0.39 is 0 Å². The third-order valence-electron chi connectivity index (χ3n) is 3.10. The number of methoxy groups -OCH3 is 1. The molecule has 112 valence electrons. The fraction of sp³-hybridized carbons (Fsp3) is 0.125. The average molecular weight is 314 g/mol. The van der Waals surface area contributed by atoms with Gasteiger partial charge in [0.05, 0.1) is 17.7 Å². The second kappa shape index (κ2) is 6.03. The van der Waals surface area contributed by atoms with Crippen LogP contribution in [0.1, 0.15) is 15.4 Å². The van der Waals surface area contributed by atoms with Crippen LogP contribution in [0.2, 0.25) is 0 Å². The lowest BCUT2D eigenvalue weighted by atomic mass is 10.2. The summed E-state index contributed by atoms with van der Waals surface area (Å²) >= 11 is 1.55. The smallest absolute Gasteiger partial charge is 0.278 e. The summed E-state index contributed by atoms with van der Waals surface area (Å²) in [5.41, 5.74) is 0.846. The van der Waals surface area contributed by atoms with Crippen LogP contribution in [0.3, 0.4) is 0 Å². The number of nitrogens with one attached hydrogen (secondary N) is 1. The quantitative estimate of drug-likeness (QED) is 0.791. The molecule has 2 aromatic heterocycles. The van der Waals surface area contributed by atoms with Crippen LogP contribution in [-0.4, -0.2) is 18.0 Å². The van der Waals surface area contributed by atoms with Crippen LogP contribution in [0.15, 0.2) is 47.2 Å². The topological polar surface area (TPSA) is 64.4 Å². The molecule has 0 saturated carbocycles. The van der Waals surface area contributed by atoms with E-state index in [9.17, 15) is 4.79 Å². The van der Waals surface area contributed by atoms with Crippen molar-refractivity contribution in [3.63, 3.8) is 0 Å². The minimum Gasteiger partial charge on any atom is -0.495 e. The third kappa shape index (κ3) is 2.73. The summed E-state index contributed by atoms with van der Waals surface area (Å²) in [7, 11) is 1.56. The molecule has 1 amide bonds. The van der Waals surface area contributed by atoms with Gasteiger partial charge in [-0.1, -0.05) is 12.1 Å². The van der Waals surface area contributed by atoms with Crippen LogP contribution in [0.5, 0.6) is 5.75 Å². The van der Waals surface area contributed by atoms with E-state index in [2.05, 4.69) is 10.3 Å². The Morgan fingerprint density at radius 3 is 2.82 bits per heavy atom. The van der Waals surface area contributed by atoms with Gasteiger partial charge in [0.15, 0.2) is 17.8 Å². The standard InChI is InChI=1S/C16H14N2O3S/c1-10-7-8-13(22-10)15-14(17-9-21-15)16(19)18-11-5-3-4-6-12(11)20-2/h3-9H,1-2H3,(H,18,19). The summed E-state index contributed by atoms with van der Waals surface area (Å²) in [5.74, 6) is 0.734. The Morgan fingerprint density at radius 1 is 1.27 bits per heavy atom. The van der Waals surface area contributed by atoms with E-state index in [0.717, 1.165) is 9.75 Å². The van der Waals surface area contributed by atoms with Crippen molar-refractivity contribution >= 4 is 22.9 Å². The zero-order valence-corrected chi connectivity index (χ0v) is 12.9. The lowest BCUT2D eigenvalue weighted by molar-refractivity contribution is 0.102. The van der Waals surface area contributed by atoms with Crippen molar-refractivity contribution in [1.29, 1.82) is 0 Å². The van der Waals surface area contributed by atoms with Gasteiger partial charge in [0.2, 0.25) is 0 Å². The minimum atomic E-state index is -0.334. The van der Waals surface area contributed by atoms with Crippen LogP contribution >= 0.6 is 11.3 Å². The molecule has 0 fully saturated rings. The largest absolute Gasteiger partial charge is 0.495 e. The summed E-state index contributed by atoms with van der Waals surface area (Å²) < 4.78 is 10.6. The normalized spacial score (nSPS) is 10.5. The van der Waals surface area contributed by atoms with Gasteiger partial charge >= 0.3 is 0 Å². The number of carbonyl (C=O) groups excluding carboxylic acids is 1. The summed E-state index contributed by atoms with van der Waals surface area (Å²) in [5, 5.41) is 2.80. The van der Waals surface area contributed by atoms with Crippen molar-refractivity contribution in [1.82, 2.24) is 4.98 Å². The second-order valence-corrected chi connectivity index (χ2v) is 5.88. The van der Waals surface area contributed by atoms with Crippen LogP contribution in [-0.2, 0) is 0 Å². The molecule has 0 atom stereocenters. The molecule has 5 nitrogen and oxygen atoms in total. The summed E-state index contributed by atoms with van der Waals surface area (Å²) in [6.07, 6.45) is 1.28. The number of nitrogens with zero attached hydrogens (tertiary/aromatic N) is 1. The van der Waals surface area contributed by atoms with Gasteiger partial charge in [0.25, 0.3) is 5.91 Å². The van der Waals surface area contributed by atoms with Crippen molar-refractivity contribution in [3.05, 3.63) is 53.4 Å². The predicted molar refractivity (Wildman–Crippen MR) is 85.5 cm³/mol. The van der Waals surface area contributed by atoms with Crippen molar-refractivity contribution in [3.8, 4) is 16.4 Å². The summed E-state index contributed by atoms with van der Waals surface area (Å²) in [6.45, 7) is 2.00. The Bertz CT molecular complexity index is 807. The number of rotatable bonds is 4. The second-order valence-electron chi connectivity index (χ2n) is 4.59. The van der Waals surface area contributed by atoms with Crippen molar-refractivity contribution in [2.75, 3.05) is 12.4 Å². The van der Waals surface area contributed by atoms with Crippen molar-refractivity contribution in [2.45, 2.75) is 6.92 Å². The number of ether oxygens (including phenoxy) is 1. The Balaban J connectivity index is 1.89. The molecule has 3 aromatic rings. The third-order valence-corrected chi connectivity index (χ3v) is 4.10. The Kier molecular flexibility index (Phi) is 3.93. The number of hydrogen-bond acceptors (Lipinski definition) is 5. The molecule has 0 spiro atoms. The van der Waals surface area contributed by atoms with E-state index in [1.54, 1.807) is 30.6 Å². The molecule has 6 heteroatoms. The molecule has 1 N–H and O–H groups in total. The summed E-state index contributed by atoms with van der Waals surface area (Å²) in [6, 6.07) is 11.1. The molecule has 0 unspecified atom stereocenters. The maximum atomic E-state index is 12.5. The highest BCUT2D eigenvalue weighted by Gasteiger charge is 2.20. The Morgan fingerprint density at radius 2 is 2.09 bits per heavy atom. The van der Waals surface area contributed by atoms with Gasteiger partial charge in [-0.05, 0) is 31.2 Å². The molecule has 1 aromatic carbocycles. The van der Waals surface area contributed by atoms with E-state index in [-0.39, 0.29) is 11.6 Å². The fourth-order valence-corrected chi connectivity index (χ4v) is 2.93. The number of amides is 1. The first-order valence-electron chi connectivity index (χ1n) is 6.63. The van der Waals surface area contributed by atoms with Gasteiger partial charge in [0, 0.05) is 4.88 Å². The van der Waals surface area contributed by atoms with E-state index >= 15 is 0 Å². The lowest BCUT2D eigenvalue weighted by Gasteiger charge is -2.08. The van der Waals surface area contributed by atoms with Gasteiger partial charge in [-0.2, -0.15) is 0 Å². The Labute approximate surface area is 131 Å². The number of carbonyl (C=O) groups is 1. The molecular weight excluding hydrogens is 300 g/mol. The van der Waals surface area contributed by atoms with E-state index in [4.69, 9.17) is 9.15 Å². The highest BCUT2D eigenvalue weighted by molar-refractivity contribution is 7.15. The SMILES string of the molecule is COc1ccccc1NC(=O)c1ncoc1-c1ccc(C)s1. The number of para-hydroxylation sites is 2. The predicted octanol–water partition coefficient (Wildman–Crippen LogP) is 3.97. The summed E-state index contributed by atoms with van der Waals surface area (Å²) in [4.78, 5) is 18.5. The van der Waals surface area contributed by atoms with Crippen LogP contribution < -0.4 is 10.1 Å². The maximum Gasteiger partial charge on any atom is 0.278 e. The number of hydrogen-bond donors (Lipinski definition) is 1. The molecule has 0 aliphatic rings. The van der Waals surface area contributed by atoms with Gasteiger partial charge in [0.1, 0.15) is 5.75 Å². The molecule has 0 saturated heterocycles. The number of anilines is 1. The lowest BCUT2D eigenvalue weighted by Crippen LogP contribution is -2.13. The first-order chi connectivity index (χ1) is 10.7. The molecular formula is C16H14N2O3S. The number of benzene rings is 1. The molecule has 0 radical (unpaired) electrons. The van der Waals surface area contributed by atoms with E-state index in [1.165, 1.54) is 6.39 Å². The molecule has 0 bridgehead atoms. The zero-order chi connectivity index (χ0) is 15.5. The first-order valence-corrected chi connectivity index (χ1v) is 7.45. The molecule has 0 aliphatic heterocycles. The molecule has 3 rings (SSSR count). The molecule has 22 heavy (non-hydrogen) atoms. The highest BCUT2D eigenvalue weighted by atomic mass is 32.1. The number of aromatic nitrogens is 1. The number of aryl methyl sites for hydroxylation is 1. The number of thiophene rings is 1. The van der Waals surface area contributed by atoms with Crippen LogP contribution in [0, 0.1) is 6.92 Å². The minimum absolute atomic E-state index is 0.257. The van der Waals surface area contributed by atoms with Crippen molar-refractivity contribution < 1.29 is 13.9 Å². The van der Waals surface area contributed by atoms with Crippen LogP contribution in [0.25, 0.3) is 10.6 Å². The average Bonchev–Trinajstić information content (AvgIpc) is 3.16. The van der Waals surface area contributed by atoms with Gasteiger partial charge < -0.3 is 14.5 Å². The van der Waals surface area contributed by atoms with E-state index in [1.807, 2.05) is 31.2 Å². The number of oxazole rings is 1.